The van der Waals surface area contributed by atoms with Crippen molar-refractivity contribution >= 4 is 11.9 Å². The molecule has 2 heterocycles. The minimum Gasteiger partial charge on any atom is -0.481 e. The Kier molecular flexibility index (Phi) is 6.45. The largest absolute Gasteiger partial charge is 0.481 e. The first-order valence-electron chi connectivity index (χ1n) is 7.95. The van der Waals surface area contributed by atoms with E-state index in [0.29, 0.717) is 18.8 Å². The summed E-state index contributed by atoms with van der Waals surface area (Å²) in [7, 11) is 0. The highest BCUT2D eigenvalue weighted by Gasteiger charge is 2.24. The number of rotatable bonds is 6. The van der Waals surface area contributed by atoms with Gasteiger partial charge < -0.3 is 14.7 Å². The Balaban J connectivity index is 1.62. The zero-order valence-electron chi connectivity index (χ0n) is 12.6. The van der Waals surface area contributed by atoms with Crippen LogP contribution in [-0.2, 0) is 14.3 Å². The first kappa shape index (κ1) is 16.2. The second-order valence-corrected chi connectivity index (χ2v) is 5.98. The van der Waals surface area contributed by atoms with Crippen molar-refractivity contribution in [2.24, 2.45) is 5.92 Å². The number of carbonyl (C=O) groups excluding carboxylic acids is 1. The van der Waals surface area contributed by atoms with E-state index in [1.165, 1.54) is 0 Å². The minimum atomic E-state index is -0.827. The Hall–Kier alpha value is -1.14. The van der Waals surface area contributed by atoms with Gasteiger partial charge in [0, 0.05) is 45.6 Å². The maximum absolute atomic E-state index is 12.0. The van der Waals surface area contributed by atoms with Crippen LogP contribution in [0.2, 0.25) is 0 Å². The number of amides is 1. The normalized spacial score (nSPS) is 21.4. The molecule has 0 atom stereocenters. The summed E-state index contributed by atoms with van der Waals surface area (Å²) in [6.07, 6.45) is 3.01. The highest BCUT2D eigenvalue weighted by molar-refractivity contribution is 5.77. The van der Waals surface area contributed by atoms with Crippen molar-refractivity contribution in [2.45, 2.75) is 32.1 Å². The van der Waals surface area contributed by atoms with Crippen molar-refractivity contribution in [3.63, 3.8) is 0 Å². The Morgan fingerprint density at radius 3 is 2.33 bits per heavy atom. The van der Waals surface area contributed by atoms with Crippen LogP contribution in [0.5, 0.6) is 0 Å². The summed E-state index contributed by atoms with van der Waals surface area (Å²) in [4.78, 5) is 26.8. The third-order valence-electron chi connectivity index (χ3n) is 4.37. The number of hydrogen-bond donors (Lipinski definition) is 1. The van der Waals surface area contributed by atoms with E-state index in [9.17, 15) is 9.59 Å². The molecule has 2 aliphatic rings. The van der Waals surface area contributed by atoms with Crippen LogP contribution in [0.25, 0.3) is 0 Å². The lowest BCUT2D eigenvalue weighted by molar-refractivity contribution is -0.137. The van der Waals surface area contributed by atoms with Gasteiger partial charge in [-0.1, -0.05) is 0 Å². The highest BCUT2D eigenvalue weighted by Crippen LogP contribution is 2.20. The second-order valence-electron chi connectivity index (χ2n) is 5.98. The first-order chi connectivity index (χ1) is 10.1. The lowest BCUT2D eigenvalue weighted by Gasteiger charge is -2.36. The molecule has 2 fully saturated rings. The van der Waals surface area contributed by atoms with Gasteiger partial charge in [-0.2, -0.15) is 0 Å². The van der Waals surface area contributed by atoms with Crippen molar-refractivity contribution in [3.05, 3.63) is 0 Å². The van der Waals surface area contributed by atoms with E-state index in [0.717, 1.165) is 58.8 Å². The summed E-state index contributed by atoms with van der Waals surface area (Å²) < 4.78 is 5.36. The van der Waals surface area contributed by atoms with Crippen molar-refractivity contribution in [1.29, 1.82) is 0 Å². The zero-order chi connectivity index (χ0) is 15.1. The highest BCUT2D eigenvalue weighted by atomic mass is 16.5. The summed E-state index contributed by atoms with van der Waals surface area (Å²) in [5.41, 5.74) is 0. The summed E-state index contributed by atoms with van der Waals surface area (Å²) >= 11 is 0. The molecule has 6 heteroatoms. The number of carboxylic acid groups (broad SMARTS) is 1. The molecule has 0 aromatic rings. The number of piperidine rings is 1. The van der Waals surface area contributed by atoms with Gasteiger partial charge in [-0.25, -0.2) is 0 Å². The van der Waals surface area contributed by atoms with E-state index in [2.05, 4.69) is 4.90 Å². The van der Waals surface area contributed by atoms with Gasteiger partial charge in [0.25, 0.3) is 0 Å². The molecule has 0 bridgehead atoms. The van der Waals surface area contributed by atoms with Crippen molar-refractivity contribution < 1.29 is 19.4 Å². The molecule has 21 heavy (non-hydrogen) atoms. The van der Waals surface area contributed by atoms with E-state index in [-0.39, 0.29) is 12.3 Å². The molecule has 2 aliphatic heterocycles. The number of morpholine rings is 1. The van der Waals surface area contributed by atoms with E-state index < -0.39 is 5.97 Å². The van der Waals surface area contributed by atoms with Crippen LogP contribution in [0, 0.1) is 5.92 Å². The van der Waals surface area contributed by atoms with Gasteiger partial charge in [-0.05, 0) is 25.2 Å². The maximum Gasteiger partial charge on any atom is 0.303 e. The molecule has 0 saturated carbocycles. The van der Waals surface area contributed by atoms with E-state index in [1.54, 1.807) is 0 Å². The molecule has 0 aromatic heterocycles. The van der Waals surface area contributed by atoms with Crippen LogP contribution in [0.1, 0.15) is 32.1 Å². The minimum absolute atomic E-state index is 0.0826. The van der Waals surface area contributed by atoms with Gasteiger partial charge >= 0.3 is 5.97 Å². The zero-order valence-corrected chi connectivity index (χ0v) is 12.6. The molecule has 1 amide bonds. The van der Waals surface area contributed by atoms with Gasteiger partial charge in [-0.3, -0.25) is 14.5 Å². The van der Waals surface area contributed by atoms with E-state index >= 15 is 0 Å². The molecule has 1 N–H and O–H groups in total. The fourth-order valence-electron chi connectivity index (χ4n) is 3.06. The number of carbonyl (C=O) groups is 2. The fourth-order valence-corrected chi connectivity index (χ4v) is 3.06. The van der Waals surface area contributed by atoms with Gasteiger partial charge in [-0.15, -0.1) is 0 Å². The third-order valence-corrected chi connectivity index (χ3v) is 4.37. The van der Waals surface area contributed by atoms with Gasteiger partial charge in [0.2, 0.25) is 5.91 Å². The molecule has 0 aromatic carbocycles. The van der Waals surface area contributed by atoms with Gasteiger partial charge in [0.1, 0.15) is 0 Å². The molecule has 6 nitrogen and oxygen atoms in total. The Morgan fingerprint density at radius 1 is 1.05 bits per heavy atom. The second kappa shape index (κ2) is 8.34. The molecular weight excluding hydrogens is 272 g/mol. The van der Waals surface area contributed by atoms with Crippen LogP contribution < -0.4 is 0 Å². The molecule has 2 saturated heterocycles. The molecule has 2 rings (SSSR count). The predicted octanol–water partition coefficient (Wildman–Crippen LogP) is 0.812. The van der Waals surface area contributed by atoms with Gasteiger partial charge in [0.05, 0.1) is 13.2 Å². The molecule has 120 valence electrons. The quantitative estimate of drug-likeness (QED) is 0.786. The maximum atomic E-state index is 12.0. The number of nitrogens with zero attached hydrogens (tertiary/aromatic N) is 2. The monoisotopic (exact) mass is 298 g/mol. The van der Waals surface area contributed by atoms with Gasteiger partial charge in [0.15, 0.2) is 0 Å². The Bertz CT molecular complexity index is 348. The summed E-state index contributed by atoms with van der Waals surface area (Å²) in [6, 6.07) is 0. The lowest BCUT2D eigenvalue weighted by atomic mass is 9.95. The summed E-state index contributed by atoms with van der Waals surface area (Å²) in [5, 5.41) is 8.59. The third kappa shape index (κ3) is 5.63. The topological polar surface area (TPSA) is 70.1 Å². The SMILES string of the molecule is O=C(O)CCCC(=O)N1CCC(CN2CCOCC2)CC1. The fraction of sp³-hybridized carbons (Fsp3) is 0.867. The number of likely N-dealkylation sites (tertiary alicyclic amines) is 1. The van der Waals surface area contributed by atoms with Crippen LogP contribution >= 0.6 is 0 Å². The molecule has 0 unspecified atom stereocenters. The summed E-state index contributed by atoms with van der Waals surface area (Å²) in [5.74, 6) is -0.0424. The van der Waals surface area contributed by atoms with Crippen molar-refractivity contribution in [1.82, 2.24) is 9.80 Å². The standard InChI is InChI=1S/C15H26N2O4/c18-14(2-1-3-15(19)20)17-6-4-13(5-7-17)12-16-8-10-21-11-9-16/h13H,1-12H2,(H,19,20). The Labute approximate surface area is 126 Å². The first-order valence-corrected chi connectivity index (χ1v) is 7.95. The van der Waals surface area contributed by atoms with Crippen molar-refractivity contribution in [2.75, 3.05) is 45.9 Å². The Morgan fingerprint density at radius 2 is 1.71 bits per heavy atom. The average molecular weight is 298 g/mol. The smallest absolute Gasteiger partial charge is 0.303 e. The lowest BCUT2D eigenvalue weighted by Crippen LogP contribution is -2.44. The van der Waals surface area contributed by atoms with Crippen molar-refractivity contribution in [3.8, 4) is 0 Å². The van der Waals surface area contributed by atoms with Crippen LogP contribution in [-0.4, -0.2) is 72.7 Å². The number of ether oxygens (including phenoxy) is 1. The molecular formula is C15H26N2O4. The van der Waals surface area contributed by atoms with E-state index in [1.807, 2.05) is 4.90 Å². The van der Waals surface area contributed by atoms with Crippen LogP contribution in [0.4, 0.5) is 0 Å². The average Bonchev–Trinajstić information content (AvgIpc) is 2.48. The number of hydrogen-bond acceptors (Lipinski definition) is 4. The van der Waals surface area contributed by atoms with Crippen LogP contribution in [0.3, 0.4) is 0 Å². The molecule has 0 spiro atoms. The molecule has 0 radical (unpaired) electrons. The molecule has 0 aliphatic carbocycles. The predicted molar refractivity (Wildman–Crippen MR) is 78.0 cm³/mol. The summed E-state index contributed by atoms with van der Waals surface area (Å²) in [6.45, 7) is 6.47. The number of carboxylic acids is 1. The number of aliphatic carboxylic acids is 1. The van der Waals surface area contributed by atoms with Crippen LogP contribution in [0.15, 0.2) is 0 Å². The van der Waals surface area contributed by atoms with E-state index in [4.69, 9.17) is 9.84 Å².